The molecule has 4 heteroatoms. The smallest absolute Gasteiger partial charge is 0.137 e. The van der Waals surface area contributed by atoms with Crippen molar-refractivity contribution in [3.05, 3.63) is 52.4 Å². The van der Waals surface area contributed by atoms with E-state index in [2.05, 4.69) is 46.5 Å². The lowest BCUT2D eigenvalue weighted by molar-refractivity contribution is 0.796. The third-order valence-electron chi connectivity index (χ3n) is 3.39. The predicted octanol–water partition coefficient (Wildman–Crippen LogP) is 4.22. The molecule has 0 amide bonds. The second-order valence-corrected chi connectivity index (χ2v) is 5.31. The highest BCUT2D eigenvalue weighted by Crippen LogP contribution is 2.22. The molecule has 0 aliphatic rings. The molecular weight excluding hydrogens is 270 g/mol. The van der Waals surface area contributed by atoms with Crippen LogP contribution in [0.5, 0.6) is 0 Å². The van der Waals surface area contributed by atoms with Gasteiger partial charge >= 0.3 is 0 Å². The van der Waals surface area contributed by atoms with Crippen LogP contribution in [0.25, 0.3) is 0 Å². The monoisotopic (exact) mass is 289 g/mol. The van der Waals surface area contributed by atoms with Gasteiger partial charge < -0.3 is 5.32 Å². The van der Waals surface area contributed by atoms with E-state index in [0.717, 1.165) is 30.2 Å². The fourth-order valence-corrected chi connectivity index (χ4v) is 2.20. The highest BCUT2D eigenvalue weighted by atomic mass is 35.5. The molecule has 1 aromatic heterocycles. The molecule has 1 heterocycles. The minimum absolute atomic E-state index is 0.411. The maximum Gasteiger partial charge on any atom is 0.137 e. The van der Waals surface area contributed by atoms with Gasteiger partial charge in [-0.2, -0.15) is 0 Å². The summed E-state index contributed by atoms with van der Waals surface area (Å²) in [4.78, 5) is 8.76. The van der Waals surface area contributed by atoms with Crippen molar-refractivity contribution in [2.45, 2.75) is 33.1 Å². The molecule has 0 saturated heterocycles. The van der Waals surface area contributed by atoms with Crippen molar-refractivity contribution in [3.8, 4) is 0 Å². The second kappa shape index (κ2) is 6.71. The number of halogens is 1. The summed E-state index contributed by atoms with van der Waals surface area (Å²) < 4.78 is 0. The van der Waals surface area contributed by atoms with Crippen LogP contribution < -0.4 is 5.32 Å². The van der Waals surface area contributed by atoms with Gasteiger partial charge in [0, 0.05) is 18.5 Å². The highest BCUT2D eigenvalue weighted by Gasteiger charge is 2.10. The molecular formula is C16H20ClN3. The van der Waals surface area contributed by atoms with Gasteiger partial charge in [-0.3, -0.25) is 0 Å². The average Bonchev–Trinajstić information content (AvgIpc) is 2.49. The van der Waals surface area contributed by atoms with E-state index in [-0.39, 0.29) is 0 Å². The van der Waals surface area contributed by atoms with Gasteiger partial charge in [-0.15, -0.1) is 0 Å². The fourth-order valence-electron chi connectivity index (χ4n) is 2.01. The SMILES string of the molecule is CCc1nc(Cl)c(C)c(NCC(C)c2ccccc2)n1. The van der Waals surface area contributed by atoms with Crippen LogP contribution in [0.15, 0.2) is 30.3 Å². The number of anilines is 1. The number of aromatic nitrogens is 2. The zero-order valence-corrected chi connectivity index (χ0v) is 12.9. The second-order valence-electron chi connectivity index (χ2n) is 4.95. The van der Waals surface area contributed by atoms with E-state index >= 15 is 0 Å². The van der Waals surface area contributed by atoms with Crippen LogP contribution in [0.4, 0.5) is 5.82 Å². The predicted molar refractivity (Wildman–Crippen MR) is 84.5 cm³/mol. The molecule has 2 rings (SSSR count). The topological polar surface area (TPSA) is 37.8 Å². The van der Waals surface area contributed by atoms with E-state index in [1.807, 2.05) is 19.9 Å². The van der Waals surface area contributed by atoms with E-state index in [4.69, 9.17) is 11.6 Å². The minimum Gasteiger partial charge on any atom is -0.369 e. The Morgan fingerprint density at radius 3 is 2.55 bits per heavy atom. The van der Waals surface area contributed by atoms with Crippen molar-refractivity contribution < 1.29 is 0 Å². The van der Waals surface area contributed by atoms with E-state index in [1.165, 1.54) is 5.56 Å². The number of aryl methyl sites for hydroxylation is 1. The molecule has 1 N–H and O–H groups in total. The lowest BCUT2D eigenvalue weighted by atomic mass is 10.0. The Kier molecular flexibility index (Phi) is 4.96. The van der Waals surface area contributed by atoms with Crippen molar-refractivity contribution in [2.24, 2.45) is 0 Å². The number of hydrogen-bond acceptors (Lipinski definition) is 3. The molecule has 0 spiro atoms. The number of hydrogen-bond donors (Lipinski definition) is 1. The standard InChI is InChI=1S/C16H20ClN3/c1-4-14-19-15(17)12(3)16(20-14)18-10-11(2)13-8-6-5-7-9-13/h5-9,11H,4,10H2,1-3H3,(H,18,19,20). The third kappa shape index (κ3) is 3.48. The third-order valence-corrected chi connectivity index (χ3v) is 3.76. The minimum atomic E-state index is 0.411. The summed E-state index contributed by atoms with van der Waals surface area (Å²) in [5, 5.41) is 3.93. The zero-order valence-electron chi connectivity index (χ0n) is 12.2. The van der Waals surface area contributed by atoms with Gasteiger partial charge in [0.15, 0.2) is 0 Å². The van der Waals surface area contributed by atoms with Gasteiger partial charge in [0.25, 0.3) is 0 Å². The number of benzene rings is 1. The van der Waals surface area contributed by atoms with E-state index in [0.29, 0.717) is 11.1 Å². The normalized spacial score (nSPS) is 12.2. The van der Waals surface area contributed by atoms with Crippen LogP contribution in [0.1, 0.15) is 36.7 Å². The molecule has 1 atom stereocenters. The van der Waals surface area contributed by atoms with E-state index in [9.17, 15) is 0 Å². The van der Waals surface area contributed by atoms with Crippen molar-refractivity contribution >= 4 is 17.4 Å². The largest absolute Gasteiger partial charge is 0.369 e. The van der Waals surface area contributed by atoms with Gasteiger partial charge in [0.05, 0.1) is 0 Å². The molecule has 3 nitrogen and oxygen atoms in total. The summed E-state index contributed by atoms with van der Waals surface area (Å²) in [6, 6.07) is 10.4. The first-order chi connectivity index (χ1) is 9.61. The molecule has 0 saturated carbocycles. The lowest BCUT2D eigenvalue weighted by Crippen LogP contribution is -2.13. The Bertz CT molecular complexity index is 569. The molecule has 0 fully saturated rings. The Hall–Kier alpha value is -1.61. The van der Waals surface area contributed by atoms with Crippen LogP contribution in [0.3, 0.4) is 0 Å². The first kappa shape index (κ1) is 14.8. The number of rotatable bonds is 5. The summed E-state index contributed by atoms with van der Waals surface area (Å²) in [6.07, 6.45) is 0.781. The van der Waals surface area contributed by atoms with Crippen molar-refractivity contribution in [3.63, 3.8) is 0 Å². The molecule has 2 aromatic rings. The number of nitrogens with one attached hydrogen (secondary N) is 1. The van der Waals surface area contributed by atoms with E-state index < -0.39 is 0 Å². The van der Waals surface area contributed by atoms with Gasteiger partial charge in [0.1, 0.15) is 16.8 Å². The van der Waals surface area contributed by atoms with Crippen molar-refractivity contribution in [1.82, 2.24) is 9.97 Å². The Morgan fingerprint density at radius 1 is 1.20 bits per heavy atom. The Morgan fingerprint density at radius 2 is 1.90 bits per heavy atom. The van der Waals surface area contributed by atoms with Gasteiger partial charge in [-0.05, 0) is 18.4 Å². The summed E-state index contributed by atoms with van der Waals surface area (Å²) in [5.74, 6) is 2.02. The van der Waals surface area contributed by atoms with Crippen molar-refractivity contribution in [1.29, 1.82) is 0 Å². The van der Waals surface area contributed by atoms with Crippen LogP contribution in [0.2, 0.25) is 5.15 Å². The Labute approximate surface area is 125 Å². The van der Waals surface area contributed by atoms with Gasteiger partial charge in [-0.25, -0.2) is 9.97 Å². The molecule has 106 valence electrons. The zero-order chi connectivity index (χ0) is 14.5. The first-order valence-electron chi connectivity index (χ1n) is 6.93. The first-order valence-corrected chi connectivity index (χ1v) is 7.31. The van der Waals surface area contributed by atoms with Gasteiger partial charge in [0.2, 0.25) is 0 Å². The molecule has 1 unspecified atom stereocenters. The molecule has 0 aliphatic heterocycles. The molecule has 0 radical (unpaired) electrons. The fraction of sp³-hybridized carbons (Fsp3) is 0.375. The van der Waals surface area contributed by atoms with E-state index in [1.54, 1.807) is 0 Å². The van der Waals surface area contributed by atoms with Crippen LogP contribution in [0, 0.1) is 6.92 Å². The number of nitrogens with zero attached hydrogens (tertiary/aromatic N) is 2. The van der Waals surface area contributed by atoms with Gasteiger partial charge in [-0.1, -0.05) is 55.8 Å². The summed E-state index contributed by atoms with van der Waals surface area (Å²) in [6.45, 7) is 6.98. The maximum atomic E-state index is 6.14. The summed E-state index contributed by atoms with van der Waals surface area (Å²) >= 11 is 6.14. The highest BCUT2D eigenvalue weighted by molar-refractivity contribution is 6.30. The Balaban J connectivity index is 2.09. The average molecular weight is 290 g/mol. The van der Waals surface area contributed by atoms with Crippen LogP contribution in [-0.2, 0) is 6.42 Å². The molecule has 0 bridgehead atoms. The summed E-state index contributed by atoms with van der Waals surface area (Å²) in [7, 11) is 0. The van der Waals surface area contributed by atoms with Crippen LogP contribution >= 0.6 is 11.6 Å². The summed E-state index contributed by atoms with van der Waals surface area (Å²) in [5.41, 5.74) is 2.22. The lowest BCUT2D eigenvalue weighted by Gasteiger charge is -2.15. The molecule has 0 aliphatic carbocycles. The van der Waals surface area contributed by atoms with Crippen LogP contribution in [-0.4, -0.2) is 16.5 Å². The maximum absolute atomic E-state index is 6.14. The quantitative estimate of drug-likeness (QED) is 0.838. The molecule has 1 aromatic carbocycles. The molecule has 20 heavy (non-hydrogen) atoms. The van der Waals surface area contributed by atoms with Crippen molar-refractivity contribution in [2.75, 3.05) is 11.9 Å².